The van der Waals surface area contributed by atoms with Crippen molar-refractivity contribution < 1.29 is 9.53 Å². The van der Waals surface area contributed by atoms with Crippen LogP contribution in [0.1, 0.15) is 10.4 Å². The summed E-state index contributed by atoms with van der Waals surface area (Å²) in [4.78, 5) is 13.2. The Labute approximate surface area is 93.7 Å². The molecule has 0 radical (unpaired) electrons. The molecule has 2 rings (SSSR count). The first-order valence-corrected chi connectivity index (χ1v) is 4.85. The van der Waals surface area contributed by atoms with Crippen LogP contribution in [0.25, 0.3) is 0 Å². The summed E-state index contributed by atoms with van der Waals surface area (Å²) < 4.78 is 4.62. The Morgan fingerprint density at radius 3 is 2.50 bits per heavy atom. The van der Waals surface area contributed by atoms with Crippen LogP contribution in [0.5, 0.6) is 0 Å². The molecule has 0 fully saturated rings. The van der Waals surface area contributed by atoms with Crippen molar-refractivity contribution in [3.8, 4) is 0 Å². The van der Waals surface area contributed by atoms with Gasteiger partial charge in [-0.25, -0.2) is 10.6 Å². The second kappa shape index (κ2) is 4.24. The van der Waals surface area contributed by atoms with Crippen molar-refractivity contribution in [1.29, 1.82) is 0 Å². The summed E-state index contributed by atoms with van der Waals surface area (Å²) in [5, 5.41) is 1.58. The molecule has 0 saturated heterocycles. The predicted molar refractivity (Wildman–Crippen MR) is 60.3 cm³/mol. The number of hydrogen-bond donors (Lipinski definition) is 1. The van der Waals surface area contributed by atoms with Crippen LogP contribution >= 0.6 is 0 Å². The maximum absolute atomic E-state index is 11.2. The van der Waals surface area contributed by atoms with Gasteiger partial charge in [-0.05, 0) is 24.3 Å². The molecule has 1 aromatic rings. The van der Waals surface area contributed by atoms with Gasteiger partial charge in [-0.15, -0.1) is 0 Å². The van der Waals surface area contributed by atoms with Gasteiger partial charge in [-0.1, -0.05) is 0 Å². The molecule has 0 saturated carbocycles. The lowest BCUT2D eigenvalue weighted by Gasteiger charge is -2.17. The van der Waals surface area contributed by atoms with Gasteiger partial charge in [-0.3, -0.25) is 5.01 Å². The number of methoxy groups -OCH3 is 1. The van der Waals surface area contributed by atoms with E-state index in [4.69, 9.17) is 5.84 Å². The topological polar surface area (TPSA) is 58.8 Å². The first-order valence-electron chi connectivity index (χ1n) is 4.85. The fourth-order valence-electron chi connectivity index (χ4n) is 1.51. The molecule has 0 aromatic heterocycles. The molecule has 0 atom stereocenters. The van der Waals surface area contributed by atoms with Gasteiger partial charge in [0.25, 0.3) is 0 Å². The van der Waals surface area contributed by atoms with E-state index < -0.39 is 0 Å². The van der Waals surface area contributed by atoms with E-state index in [9.17, 15) is 4.79 Å². The monoisotopic (exact) mass is 219 g/mol. The molecule has 16 heavy (non-hydrogen) atoms. The normalized spacial score (nSPS) is 14.4. The first-order chi connectivity index (χ1) is 7.70. The summed E-state index contributed by atoms with van der Waals surface area (Å²) in [5.41, 5.74) is 1.52. The van der Waals surface area contributed by atoms with Gasteiger partial charge >= 0.3 is 5.97 Å². The van der Waals surface area contributed by atoms with Crippen LogP contribution in [0, 0.1) is 0 Å². The third kappa shape index (κ3) is 1.99. The number of nitrogens with two attached hydrogens (primary N) is 1. The molecule has 1 aliphatic heterocycles. The van der Waals surface area contributed by atoms with E-state index in [1.165, 1.54) is 7.11 Å². The molecule has 84 valence electrons. The van der Waals surface area contributed by atoms with E-state index in [-0.39, 0.29) is 5.97 Å². The third-order valence-electron chi connectivity index (χ3n) is 2.37. The van der Waals surface area contributed by atoms with Crippen LogP contribution in [-0.4, -0.2) is 24.8 Å². The van der Waals surface area contributed by atoms with Crippen molar-refractivity contribution in [2.45, 2.75) is 0 Å². The number of hydrogen-bond acceptors (Lipinski definition) is 5. The molecule has 0 bridgehead atoms. The zero-order valence-electron chi connectivity index (χ0n) is 8.96. The molecule has 0 amide bonds. The maximum Gasteiger partial charge on any atom is 0.337 e. The van der Waals surface area contributed by atoms with E-state index in [0.29, 0.717) is 12.2 Å². The molecule has 5 heteroatoms. The molecule has 1 aromatic carbocycles. The maximum atomic E-state index is 11.2. The SMILES string of the molecule is COC(=O)c1ccc(N2C=CN(N)C2)cc1. The Kier molecular flexibility index (Phi) is 2.78. The summed E-state index contributed by atoms with van der Waals surface area (Å²) >= 11 is 0. The molecule has 1 heterocycles. The highest BCUT2D eigenvalue weighted by Gasteiger charge is 2.11. The van der Waals surface area contributed by atoms with Crippen molar-refractivity contribution >= 4 is 11.7 Å². The van der Waals surface area contributed by atoms with Crippen molar-refractivity contribution in [1.82, 2.24) is 5.01 Å². The predicted octanol–water partition coefficient (Wildman–Crippen LogP) is 0.898. The summed E-state index contributed by atoms with van der Waals surface area (Å²) in [6.45, 7) is 0.609. The Morgan fingerprint density at radius 2 is 2.00 bits per heavy atom. The van der Waals surface area contributed by atoms with Crippen molar-refractivity contribution in [2.24, 2.45) is 5.84 Å². The third-order valence-corrected chi connectivity index (χ3v) is 2.37. The molecule has 1 aliphatic rings. The second-order valence-corrected chi connectivity index (χ2v) is 3.46. The molecular formula is C11H13N3O2. The Hall–Kier alpha value is -2.01. The summed E-state index contributed by atoms with van der Waals surface area (Å²) in [7, 11) is 1.37. The smallest absolute Gasteiger partial charge is 0.337 e. The number of anilines is 1. The van der Waals surface area contributed by atoms with Gasteiger partial charge in [0.1, 0.15) is 6.67 Å². The van der Waals surface area contributed by atoms with Crippen LogP contribution in [0.4, 0.5) is 5.69 Å². The van der Waals surface area contributed by atoms with Crippen LogP contribution in [0.15, 0.2) is 36.7 Å². The average Bonchev–Trinajstić information content (AvgIpc) is 2.75. The number of hydrazine groups is 1. The van der Waals surface area contributed by atoms with Gasteiger partial charge in [0.05, 0.1) is 12.7 Å². The Bertz CT molecular complexity index is 414. The van der Waals surface area contributed by atoms with E-state index in [1.54, 1.807) is 23.3 Å². The molecule has 0 spiro atoms. The minimum absolute atomic E-state index is 0.330. The van der Waals surface area contributed by atoms with Gasteiger partial charge < -0.3 is 9.64 Å². The van der Waals surface area contributed by atoms with Crippen molar-refractivity contribution in [2.75, 3.05) is 18.7 Å². The van der Waals surface area contributed by atoms with E-state index in [1.807, 2.05) is 23.2 Å². The molecule has 0 unspecified atom stereocenters. The minimum atomic E-state index is -0.330. The van der Waals surface area contributed by atoms with Gasteiger partial charge in [0, 0.05) is 18.1 Å². The minimum Gasteiger partial charge on any atom is -0.465 e. The summed E-state index contributed by atoms with van der Waals surface area (Å²) in [6.07, 6.45) is 3.67. The first kappa shape index (κ1) is 10.5. The number of ether oxygens (including phenoxy) is 1. The zero-order chi connectivity index (χ0) is 11.5. The highest BCUT2D eigenvalue weighted by molar-refractivity contribution is 5.89. The number of esters is 1. The van der Waals surface area contributed by atoms with E-state index in [0.717, 1.165) is 5.69 Å². The van der Waals surface area contributed by atoms with Gasteiger partial charge in [-0.2, -0.15) is 0 Å². The van der Waals surface area contributed by atoms with Crippen LogP contribution in [-0.2, 0) is 4.74 Å². The quantitative estimate of drug-likeness (QED) is 0.591. The van der Waals surface area contributed by atoms with Gasteiger partial charge in [0.15, 0.2) is 0 Å². The highest BCUT2D eigenvalue weighted by Crippen LogP contribution is 2.18. The van der Waals surface area contributed by atoms with E-state index >= 15 is 0 Å². The molecule has 2 N–H and O–H groups in total. The number of benzene rings is 1. The Morgan fingerprint density at radius 1 is 1.31 bits per heavy atom. The second-order valence-electron chi connectivity index (χ2n) is 3.46. The number of rotatable bonds is 2. The fourth-order valence-corrected chi connectivity index (χ4v) is 1.51. The number of carbonyl (C=O) groups excluding carboxylic acids is 1. The summed E-state index contributed by atoms with van der Waals surface area (Å²) in [6, 6.07) is 7.17. The number of carbonyl (C=O) groups is 1. The highest BCUT2D eigenvalue weighted by atomic mass is 16.5. The molecule has 5 nitrogen and oxygen atoms in total. The standard InChI is InChI=1S/C11H13N3O2/c1-16-11(15)9-2-4-10(5-3-9)13-6-7-14(12)8-13/h2-7H,8,12H2,1H3. The van der Waals surface area contributed by atoms with Gasteiger partial charge in [0.2, 0.25) is 0 Å². The zero-order valence-corrected chi connectivity index (χ0v) is 8.96. The largest absolute Gasteiger partial charge is 0.465 e. The lowest BCUT2D eigenvalue weighted by atomic mass is 10.2. The fraction of sp³-hybridized carbons (Fsp3) is 0.182. The summed E-state index contributed by atoms with van der Waals surface area (Å²) in [5.74, 6) is 5.26. The lowest BCUT2D eigenvalue weighted by Crippen LogP contribution is -2.29. The van der Waals surface area contributed by atoms with E-state index in [2.05, 4.69) is 4.74 Å². The van der Waals surface area contributed by atoms with Crippen molar-refractivity contribution in [3.63, 3.8) is 0 Å². The molecular weight excluding hydrogens is 206 g/mol. The van der Waals surface area contributed by atoms with Crippen molar-refractivity contribution in [3.05, 3.63) is 42.2 Å². The Balaban J connectivity index is 2.14. The van der Waals surface area contributed by atoms with Crippen LogP contribution < -0.4 is 10.7 Å². The van der Waals surface area contributed by atoms with Crippen LogP contribution in [0.2, 0.25) is 0 Å². The molecule has 0 aliphatic carbocycles. The number of nitrogens with zero attached hydrogens (tertiary/aromatic N) is 2. The average molecular weight is 219 g/mol. The van der Waals surface area contributed by atoms with Crippen LogP contribution in [0.3, 0.4) is 0 Å². The lowest BCUT2D eigenvalue weighted by molar-refractivity contribution is 0.0601.